The maximum atomic E-state index is 11.6. The van der Waals surface area contributed by atoms with Gasteiger partial charge in [-0.25, -0.2) is 0 Å². The Bertz CT molecular complexity index is 390. The van der Waals surface area contributed by atoms with E-state index in [4.69, 9.17) is 10.5 Å². The van der Waals surface area contributed by atoms with Gasteiger partial charge in [0.1, 0.15) is 5.69 Å². The van der Waals surface area contributed by atoms with Gasteiger partial charge in [0.05, 0.1) is 6.61 Å². The molecule has 0 fully saturated rings. The number of ether oxygens (including phenoxy) is 1. The lowest BCUT2D eigenvalue weighted by molar-refractivity contribution is 0.0958. The Hall–Kier alpha value is -1.66. The number of pyridine rings is 1. The average molecular weight is 266 g/mol. The van der Waals surface area contributed by atoms with Crippen molar-refractivity contribution in [2.24, 2.45) is 5.73 Å². The summed E-state index contributed by atoms with van der Waals surface area (Å²) in [6.07, 6.45) is 2.53. The number of rotatable bonds is 8. The molecule has 1 aromatic rings. The summed E-state index contributed by atoms with van der Waals surface area (Å²) in [5.41, 5.74) is 6.92. The van der Waals surface area contributed by atoms with Crippen molar-refractivity contribution in [3.8, 4) is 0 Å². The zero-order chi connectivity index (χ0) is 14.1. The summed E-state index contributed by atoms with van der Waals surface area (Å²) >= 11 is 0. The lowest BCUT2D eigenvalue weighted by Gasteiger charge is -2.24. The van der Waals surface area contributed by atoms with Crippen molar-refractivity contribution in [1.82, 2.24) is 10.3 Å². The minimum atomic E-state index is -0.188. The van der Waals surface area contributed by atoms with Crippen LogP contribution in [0.4, 0.5) is 5.69 Å². The Kier molecular flexibility index (Phi) is 6.84. The van der Waals surface area contributed by atoms with E-state index >= 15 is 0 Å². The molecule has 106 valence electrons. The summed E-state index contributed by atoms with van der Waals surface area (Å²) in [6.45, 7) is 2.85. The minimum absolute atomic E-state index is 0.188. The molecule has 1 amide bonds. The van der Waals surface area contributed by atoms with Crippen molar-refractivity contribution in [2.75, 3.05) is 45.3 Å². The third-order valence-electron chi connectivity index (χ3n) is 2.77. The Morgan fingerprint density at radius 2 is 2.32 bits per heavy atom. The van der Waals surface area contributed by atoms with Gasteiger partial charge in [0.15, 0.2) is 0 Å². The highest BCUT2D eigenvalue weighted by Gasteiger charge is 2.10. The lowest BCUT2D eigenvalue weighted by atomic mass is 10.2. The Morgan fingerprint density at radius 1 is 1.53 bits per heavy atom. The standard InChI is InChI=1S/C13H22N4O2/c1-15-13(18)12-10-11(4-6-16-12)17(7-3-5-14)8-9-19-2/h4,6,10H,3,5,7-9,14H2,1-2H3,(H,15,18). The molecule has 0 saturated heterocycles. The van der Waals surface area contributed by atoms with Crippen LogP contribution in [0.5, 0.6) is 0 Å². The number of aromatic nitrogens is 1. The molecule has 0 saturated carbocycles. The van der Waals surface area contributed by atoms with E-state index < -0.39 is 0 Å². The quantitative estimate of drug-likeness (QED) is 0.704. The van der Waals surface area contributed by atoms with Gasteiger partial charge in [0.25, 0.3) is 5.91 Å². The predicted molar refractivity (Wildman–Crippen MR) is 75.4 cm³/mol. The van der Waals surface area contributed by atoms with E-state index in [-0.39, 0.29) is 5.91 Å². The normalized spacial score (nSPS) is 10.3. The highest BCUT2D eigenvalue weighted by molar-refractivity contribution is 5.92. The van der Waals surface area contributed by atoms with E-state index in [0.29, 0.717) is 18.8 Å². The monoisotopic (exact) mass is 266 g/mol. The molecule has 0 aliphatic heterocycles. The maximum absolute atomic E-state index is 11.6. The van der Waals surface area contributed by atoms with Gasteiger partial charge in [-0.1, -0.05) is 0 Å². The fourth-order valence-corrected chi connectivity index (χ4v) is 1.72. The highest BCUT2D eigenvalue weighted by atomic mass is 16.5. The molecule has 0 aromatic carbocycles. The van der Waals surface area contributed by atoms with Crippen molar-refractivity contribution in [2.45, 2.75) is 6.42 Å². The van der Waals surface area contributed by atoms with E-state index in [0.717, 1.165) is 25.2 Å². The highest BCUT2D eigenvalue weighted by Crippen LogP contribution is 2.14. The van der Waals surface area contributed by atoms with E-state index in [1.807, 2.05) is 6.07 Å². The van der Waals surface area contributed by atoms with Gasteiger partial charge >= 0.3 is 0 Å². The number of anilines is 1. The molecular formula is C13H22N4O2. The van der Waals surface area contributed by atoms with Crippen LogP contribution in [-0.2, 0) is 4.74 Å². The molecule has 3 N–H and O–H groups in total. The number of carbonyl (C=O) groups excluding carboxylic acids is 1. The fourth-order valence-electron chi connectivity index (χ4n) is 1.72. The maximum Gasteiger partial charge on any atom is 0.269 e. The van der Waals surface area contributed by atoms with Crippen molar-refractivity contribution in [1.29, 1.82) is 0 Å². The molecule has 0 spiro atoms. The smallest absolute Gasteiger partial charge is 0.269 e. The molecule has 1 aromatic heterocycles. The van der Waals surface area contributed by atoms with Gasteiger partial charge in [-0.15, -0.1) is 0 Å². The SMILES string of the molecule is CNC(=O)c1cc(N(CCCN)CCOC)ccn1. The van der Waals surface area contributed by atoms with E-state index in [9.17, 15) is 4.79 Å². The van der Waals surface area contributed by atoms with Crippen LogP contribution in [0.2, 0.25) is 0 Å². The first kappa shape index (κ1) is 15.4. The van der Waals surface area contributed by atoms with Crippen LogP contribution >= 0.6 is 0 Å². The average Bonchev–Trinajstić information content (AvgIpc) is 2.46. The summed E-state index contributed by atoms with van der Waals surface area (Å²) in [5, 5.41) is 2.57. The number of hydrogen-bond acceptors (Lipinski definition) is 5. The van der Waals surface area contributed by atoms with E-state index in [1.165, 1.54) is 0 Å². The second-order valence-electron chi connectivity index (χ2n) is 4.10. The van der Waals surface area contributed by atoms with Crippen LogP contribution in [-0.4, -0.2) is 51.3 Å². The van der Waals surface area contributed by atoms with Crippen LogP contribution in [0.15, 0.2) is 18.3 Å². The number of amides is 1. The number of nitrogens with zero attached hydrogens (tertiary/aromatic N) is 2. The van der Waals surface area contributed by atoms with Gasteiger partial charge in [-0.3, -0.25) is 9.78 Å². The number of methoxy groups -OCH3 is 1. The van der Waals surface area contributed by atoms with Gasteiger partial charge in [0.2, 0.25) is 0 Å². The largest absolute Gasteiger partial charge is 0.383 e. The molecule has 19 heavy (non-hydrogen) atoms. The molecule has 0 aliphatic rings. The predicted octanol–water partition coefficient (Wildman–Crippen LogP) is 0.243. The van der Waals surface area contributed by atoms with Crippen LogP contribution in [0.25, 0.3) is 0 Å². The number of nitrogens with two attached hydrogens (primary N) is 1. The summed E-state index contributed by atoms with van der Waals surface area (Å²) < 4.78 is 5.10. The molecule has 1 rings (SSSR count). The van der Waals surface area contributed by atoms with E-state index in [2.05, 4.69) is 15.2 Å². The van der Waals surface area contributed by atoms with Crippen molar-refractivity contribution in [3.05, 3.63) is 24.0 Å². The molecule has 0 bridgehead atoms. The van der Waals surface area contributed by atoms with Gasteiger partial charge in [0, 0.05) is 39.1 Å². The Balaban J connectivity index is 2.84. The summed E-state index contributed by atoms with van der Waals surface area (Å²) in [5.74, 6) is -0.188. The lowest BCUT2D eigenvalue weighted by Crippen LogP contribution is -2.30. The molecule has 0 atom stereocenters. The first-order valence-corrected chi connectivity index (χ1v) is 6.35. The number of hydrogen-bond donors (Lipinski definition) is 2. The molecule has 0 radical (unpaired) electrons. The number of carbonyl (C=O) groups is 1. The van der Waals surface area contributed by atoms with Crippen molar-refractivity contribution < 1.29 is 9.53 Å². The number of nitrogens with one attached hydrogen (secondary N) is 1. The summed E-state index contributed by atoms with van der Waals surface area (Å²) in [4.78, 5) is 17.8. The van der Waals surface area contributed by atoms with Crippen LogP contribution < -0.4 is 16.0 Å². The Labute approximate surface area is 113 Å². The van der Waals surface area contributed by atoms with Crippen molar-refractivity contribution >= 4 is 11.6 Å². The van der Waals surface area contributed by atoms with Gasteiger partial charge in [-0.2, -0.15) is 0 Å². The zero-order valence-corrected chi connectivity index (χ0v) is 11.6. The van der Waals surface area contributed by atoms with E-state index in [1.54, 1.807) is 26.4 Å². The zero-order valence-electron chi connectivity index (χ0n) is 11.6. The molecule has 1 heterocycles. The van der Waals surface area contributed by atoms with Crippen LogP contribution in [0.1, 0.15) is 16.9 Å². The fraction of sp³-hybridized carbons (Fsp3) is 0.538. The summed E-state index contributed by atoms with van der Waals surface area (Å²) in [6, 6.07) is 3.67. The third kappa shape index (κ3) is 4.84. The second kappa shape index (κ2) is 8.44. The van der Waals surface area contributed by atoms with Gasteiger partial charge < -0.3 is 20.7 Å². The van der Waals surface area contributed by atoms with Crippen LogP contribution in [0, 0.1) is 0 Å². The molecule has 0 aliphatic carbocycles. The molecular weight excluding hydrogens is 244 g/mol. The van der Waals surface area contributed by atoms with Crippen LogP contribution in [0.3, 0.4) is 0 Å². The first-order valence-electron chi connectivity index (χ1n) is 6.35. The molecule has 6 heteroatoms. The Morgan fingerprint density at radius 3 is 2.95 bits per heavy atom. The molecule has 0 unspecified atom stereocenters. The van der Waals surface area contributed by atoms with Gasteiger partial charge in [-0.05, 0) is 25.1 Å². The minimum Gasteiger partial charge on any atom is -0.383 e. The second-order valence-corrected chi connectivity index (χ2v) is 4.10. The first-order chi connectivity index (χ1) is 9.22. The van der Waals surface area contributed by atoms with Crippen molar-refractivity contribution in [3.63, 3.8) is 0 Å². The summed E-state index contributed by atoms with van der Waals surface area (Å²) in [7, 11) is 3.26. The molecule has 6 nitrogen and oxygen atoms in total. The third-order valence-corrected chi connectivity index (χ3v) is 2.77. The topological polar surface area (TPSA) is 80.5 Å².